The van der Waals surface area contributed by atoms with Crippen LogP contribution in [0, 0.1) is 0 Å². The number of amides is 1. The molecule has 0 bridgehead atoms. The van der Waals surface area contributed by atoms with Gasteiger partial charge in [0.15, 0.2) is 0 Å². The van der Waals surface area contributed by atoms with Crippen LogP contribution in [0.1, 0.15) is 20.8 Å². The van der Waals surface area contributed by atoms with Crippen LogP contribution in [0.4, 0.5) is 4.79 Å². The lowest BCUT2D eigenvalue weighted by atomic mass is 10.2. The normalized spacial score (nSPS) is 13.3. The number of aromatic nitrogens is 2. The van der Waals surface area contributed by atoms with Gasteiger partial charge in [-0.15, -0.1) is 4.40 Å². The molecule has 0 spiro atoms. The fourth-order valence-corrected chi connectivity index (χ4v) is 2.39. The van der Waals surface area contributed by atoms with Crippen LogP contribution < -0.4 is 5.32 Å². The van der Waals surface area contributed by atoms with Crippen LogP contribution in [-0.4, -0.2) is 35.9 Å². The number of allylic oxidation sites excluding steroid dienone is 3. The molecular formula is C15H20N4O4S. The van der Waals surface area contributed by atoms with Gasteiger partial charge in [-0.05, 0) is 39.0 Å². The molecule has 0 radical (unpaired) electrons. The van der Waals surface area contributed by atoms with Gasteiger partial charge in [-0.3, -0.25) is 5.32 Å². The van der Waals surface area contributed by atoms with Gasteiger partial charge in [0, 0.05) is 12.4 Å². The average Bonchev–Trinajstić information content (AvgIpc) is 2.95. The fourth-order valence-electron chi connectivity index (χ4n) is 1.45. The van der Waals surface area contributed by atoms with Crippen LogP contribution in [0.3, 0.4) is 0 Å². The van der Waals surface area contributed by atoms with Crippen molar-refractivity contribution in [3.8, 4) is 0 Å². The Hall–Kier alpha value is -2.68. The Kier molecular flexibility index (Phi) is 6.24. The van der Waals surface area contributed by atoms with Crippen molar-refractivity contribution in [2.24, 2.45) is 4.40 Å². The molecule has 0 fully saturated rings. The van der Waals surface area contributed by atoms with Gasteiger partial charge in [-0.25, -0.2) is 9.48 Å². The summed E-state index contributed by atoms with van der Waals surface area (Å²) in [7, 11) is -4.12. The molecule has 0 aliphatic carbocycles. The summed E-state index contributed by atoms with van der Waals surface area (Å²) in [5, 5.41) is 6.14. The zero-order valence-electron chi connectivity index (χ0n) is 13.8. The highest BCUT2D eigenvalue weighted by Crippen LogP contribution is 2.11. The number of hydrogen-bond donors (Lipinski definition) is 1. The monoisotopic (exact) mass is 352 g/mol. The summed E-state index contributed by atoms with van der Waals surface area (Å²) in [5.74, 6) is -0.328. The highest BCUT2D eigenvalue weighted by molar-refractivity contribution is 7.94. The summed E-state index contributed by atoms with van der Waals surface area (Å²) in [4.78, 5) is 11.7. The first-order chi connectivity index (χ1) is 11.1. The molecule has 9 heteroatoms. The maximum atomic E-state index is 12.3. The zero-order valence-corrected chi connectivity index (χ0v) is 14.6. The van der Waals surface area contributed by atoms with E-state index < -0.39 is 21.7 Å². The second-order valence-corrected chi connectivity index (χ2v) is 7.08. The Labute approximate surface area is 141 Å². The van der Waals surface area contributed by atoms with E-state index in [0.29, 0.717) is 0 Å². The van der Waals surface area contributed by atoms with Gasteiger partial charge in [-0.2, -0.15) is 13.5 Å². The van der Waals surface area contributed by atoms with Gasteiger partial charge in [0.1, 0.15) is 5.60 Å². The van der Waals surface area contributed by atoms with Crippen LogP contribution in [0.5, 0.6) is 0 Å². The first kappa shape index (κ1) is 19.4. The lowest BCUT2D eigenvalue weighted by Crippen LogP contribution is -2.40. The largest absolute Gasteiger partial charge is 0.444 e. The number of nitrogens with one attached hydrogen (secondary N) is 1. The van der Waals surface area contributed by atoms with Crippen LogP contribution in [0.25, 0.3) is 0 Å². The average molecular weight is 352 g/mol. The van der Waals surface area contributed by atoms with Crippen molar-refractivity contribution in [2.75, 3.05) is 0 Å². The van der Waals surface area contributed by atoms with Crippen LogP contribution in [0.2, 0.25) is 0 Å². The summed E-state index contributed by atoms with van der Waals surface area (Å²) in [6.45, 7) is 11.9. The zero-order chi connectivity index (χ0) is 18.4. The molecule has 0 unspecified atom stereocenters. The van der Waals surface area contributed by atoms with Crippen LogP contribution in [0.15, 0.2) is 59.1 Å². The molecule has 1 aromatic heterocycles. The molecule has 1 amide bonds. The summed E-state index contributed by atoms with van der Waals surface area (Å²) in [5.41, 5.74) is -0.757. The predicted octanol–water partition coefficient (Wildman–Crippen LogP) is 2.20. The minimum atomic E-state index is -4.12. The summed E-state index contributed by atoms with van der Waals surface area (Å²) in [6, 6.07) is 1.55. The van der Waals surface area contributed by atoms with Crippen LogP contribution in [-0.2, 0) is 14.8 Å². The molecule has 0 atom stereocenters. The SMILES string of the molecule is C=C/C=C(\C=C)S(=O)(=O)/N=C(/NC(=O)OC(C)(C)C)n1cccn1. The molecule has 0 saturated carbocycles. The molecular weight excluding hydrogens is 332 g/mol. The van der Waals surface area contributed by atoms with E-state index in [4.69, 9.17) is 4.74 Å². The van der Waals surface area contributed by atoms with Crippen molar-refractivity contribution in [2.45, 2.75) is 26.4 Å². The lowest BCUT2D eigenvalue weighted by Gasteiger charge is -2.20. The highest BCUT2D eigenvalue weighted by atomic mass is 32.2. The smallest absolute Gasteiger partial charge is 0.414 e. The number of ether oxygens (including phenoxy) is 1. The molecule has 130 valence electrons. The number of carbonyl (C=O) groups excluding carboxylic acids is 1. The number of rotatable bonds is 4. The Morgan fingerprint density at radius 2 is 2.04 bits per heavy atom. The number of nitrogens with zero attached hydrogens (tertiary/aromatic N) is 3. The predicted molar refractivity (Wildman–Crippen MR) is 91.8 cm³/mol. The van der Waals surface area contributed by atoms with Gasteiger partial charge in [0.05, 0.1) is 4.91 Å². The molecule has 1 heterocycles. The Morgan fingerprint density at radius 3 is 2.50 bits per heavy atom. The molecule has 0 aromatic carbocycles. The third-order valence-electron chi connectivity index (χ3n) is 2.32. The summed E-state index contributed by atoms with van der Waals surface area (Å²) < 4.78 is 34.4. The minimum absolute atomic E-state index is 0.173. The second kappa shape index (κ2) is 7.73. The van der Waals surface area contributed by atoms with E-state index in [2.05, 4.69) is 28.0 Å². The maximum absolute atomic E-state index is 12.3. The maximum Gasteiger partial charge on any atom is 0.414 e. The van der Waals surface area contributed by atoms with Crippen molar-refractivity contribution in [3.05, 3.63) is 54.8 Å². The van der Waals surface area contributed by atoms with Crippen molar-refractivity contribution >= 4 is 22.1 Å². The van der Waals surface area contributed by atoms with Gasteiger partial charge in [0.2, 0.25) is 5.96 Å². The third-order valence-corrected chi connectivity index (χ3v) is 3.63. The topological polar surface area (TPSA) is 103 Å². The Bertz CT molecular complexity index is 769. The second-order valence-electron chi connectivity index (χ2n) is 5.48. The van der Waals surface area contributed by atoms with Crippen molar-refractivity contribution in [1.82, 2.24) is 15.1 Å². The summed E-state index contributed by atoms with van der Waals surface area (Å²) >= 11 is 0. The van der Waals surface area contributed by atoms with Crippen LogP contribution >= 0.6 is 0 Å². The standard InChI is InChI=1S/C15H20N4O4S/c1-6-9-12(7-2)24(21,22)18-13(19-11-8-10-16-19)17-14(20)23-15(3,4)5/h6-11H,1-2H2,3-5H3,(H,17,18,20)/b12-9+. The Morgan fingerprint density at radius 1 is 1.38 bits per heavy atom. The van der Waals surface area contributed by atoms with Crippen molar-refractivity contribution in [3.63, 3.8) is 0 Å². The summed E-state index contributed by atoms with van der Waals surface area (Å²) in [6.07, 6.45) is 5.62. The number of alkyl carbamates (subject to hydrolysis) is 1. The quantitative estimate of drug-likeness (QED) is 0.508. The molecule has 0 aliphatic heterocycles. The van der Waals surface area contributed by atoms with E-state index in [9.17, 15) is 13.2 Å². The molecule has 1 N–H and O–H groups in total. The minimum Gasteiger partial charge on any atom is -0.444 e. The molecule has 0 aliphatic rings. The lowest BCUT2D eigenvalue weighted by molar-refractivity contribution is 0.0561. The molecule has 1 rings (SSSR count). The molecule has 8 nitrogen and oxygen atoms in total. The molecule has 1 aromatic rings. The van der Waals surface area contributed by atoms with Crippen molar-refractivity contribution < 1.29 is 17.9 Å². The third kappa shape index (κ3) is 5.84. The van der Waals surface area contributed by atoms with E-state index in [0.717, 1.165) is 10.8 Å². The fraction of sp³-hybridized carbons (Fsp3) is 0.267. The van der Waals surface area contributed by atoms with E-state index in [-0.39, 0.29) is 10.9 Å². The highest BCUT2D eigenvalue weighted by Gasteiger charge is 2.21. The van der Waals surface area contributed by atoms with Gasteiger partial charge >= 0.3 is 6.09 Å². The van der Waals surface area contributed by atoms with Gasteiger partial charge in [0.25, 0.3) is 10.0 Å². The first-order valence-electron chi connectivity index (χ1n) is 6.89. The Balaban J connectivity index is 3.25. The molecule has 0 saturated heterocycles. The van der Waals surface area contributed by atoms with E-state index in [1.165, 1.54) is 24.5 Å². The number of hydrogen-bond acceptors (Lipinski definition) is 5. The molecule has 24 heavy (non-hydrogen) atoms. The van der Waals surface area contributed by atoms with E-state index in [1.54, 1.807) is 26.8 Å². The van der Waals surface area contributed by atoms with Gasteiger partial charge in [-0.1, -0.05) is 19.2 Å². The first-order valence-corrected chi connectivity index (χ1v) is 8.33. The van der Waals surface area contributed by atoms with Gasteiger partial charge < -0.3 is 4.74 Å². The van der Waals surface area contributed by atoms with E-state index >= 15 is 0 Å². The number of carbonyl (C=O) groups is 1. The van der Waals surface area contributed by atoms with E-state index in [1.807, 2.05) is 0 Å². The number of sulfonamides is 1. The van der Waals surface area contributed by atoms with Crippen molar-refractivity contribution in [1.29, 1.82) is 0 Å².